The number of benzene rings is 2. The van der Waals surface area contributed by atoms with E-state index in [1.165, 1.54) is 304 Å². The Morgan fingerprint density at radius 3 is 0.781 bits per heavy atom. The van der Waals surface area contributed by atoms with Crippen LogP contribution in [0.3, 0.4) is 0 Å². The Labute approximate surface area is 463 Å². The molecule has 3 rings (SSSR count). The van der Waals surface area contributed by atoms with E-state index in [1.807, 2.05) is 14.4 Å². The third kappa shape index (κ3) is 29.9. The summed E-state index contributed by atoms with van der Waals surface area (Å²) in [5.74, 6) is 0. The average Bonchev–Trinajstić information content (AvgIpc) is 3.66. The standard InChI is InChI=1S/C32H44N2.2C19H39.Ni/c1-9-11-13-14-16-30-29(15-12-10-2)31(27-17-21(3)25(7)22(4)18-27)34(33)32(30)28-19-23(5)26(8)24(6)20-28;2*1-3-5-7-9-11-13-15-17-19-18-16-14-12-10-8-6-4-2;/h17-20H,9-16H2,1-8H3;2*1,3-19H2,2H3;. The molecule has 1 aliphatic heterocycles. The molecule has 2 aromatic rings. The van der Waals surface area contributed by atoms with Gasteiger partial charge in [-0.2, -0.15) is 0 Å². The van der Waals surface area contributed by atoms with Crippen molar-refractivity contribution in [2.24, 2.45) is 0 Å². The Morgan fingerprint density at radius 2 is 0.521 bits per heavy atom. The van der Waals surface area contributed by atoms with E-state index >= 15 is 0 Å². The average molecular weight is 1050 g/mol. The van der Waals surface area contributed by atoms with Crippen LogP contribution in [0.1, 0.15) is 342 Å². The molecule has 0 radical (unpaired) electrons. The molecule has 73 heavy (non-hydrogen) atoms. The zero-order valence-electron chi connectivity index (χ0n) is 50.6. The van der Waals surface area contributed by atoms with Crippen LogP contribution >= 0.6 is 0 Å². The Hall–Kier alpha value is -1.99. The van der Waals surface area contributed by atoms with Gasteiger partial charge in [0.05, 0.1) is 0 Å². The second-order valence-electron chi connectivity index (χ2n) is 23.1. The minimum absolute atomic E-state index is 0.996. The quantitative estimate of drug-likeness (QED) is 0.0359. The molecule has 0 bridgehead atoms. The summed E-state index contributed by atoms with van der Waals surface area (Å²) in [4.78, 5) is 0. The molecule has 3 heteroatoms. The molecule has 0 aliphatic carbocycles. The van der Waals surface area contributed by atoms with Crippen LogP contribution in [-0.2, 0) is 14.4 Å². The molecule has 0 aromatic heterocycles. The van der Waals surface area contributed by atoms with Crippen LogP contribution in [0.25, 0.3) is 16.9 Å². The number of hydrogen-bond donors (Lipinski definition) is 0. The molecule has 0 amide bonds. The molecule has 0 unspecified atom stereocenters. The van der Waals surface area contributed by atoms with Crippen LogP contribution in [0.4, 0.5) is 0 Å². The van der Waals surface area contributed by atoms with Crippen LogP contribution in [0.5, 0.6) is 0 Å². The third-order valence-corrected chi connectivity index (χ3v) is 17.9. The van der Waals surface area contributed by atoms with Crippen molar-refractivity contribution < 1.29 is 19.1 Å². The van der Waals surface area contributed by atoms with E-state index in [1.54, 1.807) is 0 Å². The third-order valence-electron chi connectivity index (χ3n) is 16.5. The summed E-state index contributed by atoms with van der Waals surface area (Å²) >= 11 is 2.05. The minimum atomic E-state index is 0.996. The number of nitrogens with zero attached hydrogens (tertiary/aromatic N) is 2. The SMILES string of the molecule is CCCCCCC1=C(c2cc(C)c(C)c(C)c2)[N+](=[N-])C(c2cc(C)c(C)c(C)c2)=C1CCCC.CCCCCCCCCCCCCCCCCC[CH2][Ni][CH2]CCCCCCCCCCCCCCCCCC. The maximum absolute atomic E-state index is 11.8. The van der Waals surface area contributed by atoms with Gasteiger partial charge in [0.15, 0.2) is 0 Å². The van der Waals surface area contributed by atoms with Gasteiger partial charge in [-0.05, 0) is 125 Å². The summed E-state index contributed by atoms with van der Waals surface area (Å²) in [7, 11) is 0. The predicted molar refractivity (Wildman–Crippen MR) is 325 cm³/mol. The van der Waals surface area contributed by atoms with Crippen LogP contribution < -0.4 is 0 Å². The molecular formula is C70H122N2Ni. The molecule has 2 aromatic carbocycles. The molecule has 1 heterocycles. The zero-order chi connectivity index (χ0) is 53.2. The van der Waals surface area contributed by atoms with Gasteiger partial charge in [0, 0.05) is 22.3 Å². The van der Waals surface area contributed by atoms with Gasteiger partial charge < -0.3 is 5.53 Å². The first-order chi connectivity index (χ1) is 35.6. The van der Waals surface area contributed by atoms with Crippen molar-refractivity contribution in [3.8, 4) is 0 Å². The summed E-state index contributed by atoms with van der Waals surface area (Å²) in [6.45, 7) is 22.2. The van der Waals surface area contributed by atoms with E-state index in [2.05, 4.69) is 93.5 Å². The first-order valence-electron chi connectivity index (χ1n) is 32.2. The zero-order valence-corrected chi connectivity index (χ0v) is 51.6. The molecular weight excluding hydrogens is 927 g/mol. The molecule has 0 spiro atoms. The van der Waals surface area contributed by atoms with Crippen LogP contribution in [-0.4, -0.2) is 4.70 Å². The first-order valence-corrected chi connectivity index (χ1v) is 33.6. The van der Waals surface area contributed by atoms with E-state index in [0.717, 1.165) is 48.2 Å². The van der Waals surface area contributed by atoms with E-state index in [4.69, 9.17) is 0 Å². The molecule has 422 valence electrons. The Morgan fingerprint density at radius 1 is 0.301 bits per heavy atom. The first kappa shape index (κ1) is 67.1. The van der Waals surface area contributed by atoms with E-state index in [-0.39, 0.29) is 0 Å². The number of rotatable bonds is 46. The van der Waals surface area contributed by atoms with Gasteiger partial charge in [-0.1, -0.05) is 130 Å². The van der Waals surface area contributed by atoms with Crippen molar-refractivity contribution in [1.82, 2.24) is 0 Å². The molecule has 0 N–H and O–H groups in total. The second kappa shape index (κ2) is 45.1. The number of allylic oxidation sites excluding steroid dienone is 2. The van der Waals surface area contributed by atoms with Gasteiger partial charge in [0.25, 0.3) is 0 Å². The van der Waals surface area contributed by atoms with Crippen molar-refractivity contribution in [3.63, 3.8) is 0 Å². The van der Waals surface area contributed by atoms with Crippen molar-refractivity contribution in [2.75, 3.05) is 0 Å². The molecule has 0 atom stereocenters. The van der Waals surface area contributed by atoms with Gasteiger partial charge in [-0.25, -0.2) is 4.70 Å². The Kier molecular flexibility index (Phi) is 41.4. The summed E-state index contributed by atoms with van der Waals surface area (Å²) in [6, 6.07) is 9.05. The normalized spacial score (nSPS) is 12.8. The van der Waals surface area contributed by atoms with Crippen molar-refractivity contribution in [1.29, 1.82) is 0 Å². The smallest absolute Gasteiger partial charge is 0.0654 e. The van der Waals surface area contributed by atoms with Crippen molar-refractivity contribution in [3.05, 3.63) is 85.5 Å². The fraction of sp³-hybridized carbons (Fsp3) is 0.771. The van der Waals surface area contributed by atoms with Gasteiger partial charge in [-0.15, -0.1) is 0 Å². The second-order valence-corrected chi connectivity index (χ2v) is 24.6. The number of hydrogen-bond acceptors (Lipinski definition) is 0. The Balaban J connectivity index is 0.000000503. The molecule has 0 fully saturated rings. The van der Waals surface area contributed by atoms with Crippen LogP contribution in [0.2, 0.25) is 10.8 Å². The van der Waals surface area contributed by atoms with E-state index in [0.29, 0.717) is 0 Å². The fourth-order valence-electron chi connectivity index (χ4n) is 11.1. The van der Waals surface area contributed by atoms with Crippen LogP contribution in [0, 0.1) is 41.5 Å². The molecule has 2 nitrogen and oxygen atoms in total. The molecule has 0 saturated carbocycles. The number of unbranched alkanes of at least 4 members (excludes halogenated alkanes) is 36. The van der Waals surface area contributed by atoms with E-state index in [9.17, 15) is 5.53 Å². The summed E-state index contributed by atoms with van der Waals surface area (Å²) in [6.07, 6.45) is 59.4. The Bertz CT molecular complexity index is 1680. The molecule has 1 aliphatic rings. The van der Waals surface area contributed by atoms with Gasteiger partial charge in [0.2, 0.25) is 11.4 Å². The topological polar surface area (TPSA) is 25.3 Å². The maximum atomic E-state index is 11.8. The predicted octanol–water partition coefficient (Wildman–Crippen LogP) is 25.1. The van der Waals surface area contributed by atoms with E-state index < -0.39 is 0 Å². The fourth-order valence-corrected chi connectivity index (χ4v) is 12.3. The minimum Gasteiger partial charge on any atom is -0.0654 e. The van der Waals surface area contributed by atoms with Crippen molar-refractivity contribution >= 4 is 11.4 Å². The summed E-state index contributed by atoms with van der Waals surface area (Å²) in [5.41, 5.74) is 26.6. The summed E-state index contributed by atoms with van der Waals surface area (Å²) in [5, 5.41) is 2.87. The number of aryl methyl sites for hydroxylation is 4. The molecule has 0 saturated heterocycles. The van der Waals surface area contributed by atoms with Gasteiger partial charge in [0.1, 0.15) is 0 Å². The van der Waals surface area contributed by atoms with Gasteiger partial charge in [-0.3, -0.25) is 0 Å². The van der Waals surface area contributed by atoms with Crippen LogP contribution in [0.15, 0.2) is 35.4 Å². The van der Waals surface area contributed by atoms with Crippen molar-refractivity contribution in [2.45, 2.75) is 350 Å². The van der Waals surface area contributed by atoms with Gasteiger partial charge >= 0.3 is 166 Å². The monoisotopic (exact) mass is 1050 g/mol. The summed E-state index contributed by atoms with van der Waals surface area (Å²) < 4.78 is 1.53.